The topological polar surface area (TPSA) is 9.23 Å². The molecule has 0 unspecified atom stereocenters. The Hall–Kier alpha value is -1.25. The standard InChI is InChI=1S/C14H11Cl2FO/c15-8-10-4-6-12(7-5-10)18-9-11-2-1-3-13(17)14(11)16/h1-7H,8-9H2. The van der Waals surface area contributed by atoms with Crippen molar-refractivity contribution in [2.45, 2.75) is 12.5 Å². The highest BCUT2D eigenvalue weighted by Crippen LogP contribution is 2.22. The predicted molar refractivity (Wildman–Crippen MR) is 71.7 cm³/mol. The second-order valence-electron chi connectivity index (χ2n) is 3.78. The summed E-state index contributed by atoms with van der Waals surface area (Å²) in [5.74, 6) is 0.732. The first-order chi connectivity index (χ1) is 8.70. The van der Waals surface area contributed by atoms with Gasteiger partial charge in [0.15, 0.2) is 0 Å². The third-order valence-corrected chi connectivity index (χ3v) is 3.24. The number of benzene rings is 2. The predicted octanol–water partition coefficient (Wildman–Crippen LogP) is 4.80. The molecule has 0 N–H and O–H groups in total. The van der Waals surface area contributed by atoms with Crippen molar-refractivity contribution in [3.05, 3.63) is 64.4 Å². The Labute approximate surface area is 115 Å². The Morgan fingerprint density at radius 3 is 2.44 bits per heavy atom. The molecule has 2 aromatic carbocycles. The molecule has 0 aliphatic carbocycles. The average Bonchev–Trinajstić information content (AvgIpc) is 2.41. The van der Waals surface area contributed by atoms with Crippen LogP contribution in [0.25, 0.3) is 0 Å². The largest absolute Gasteiger partial charge is 0.489 e. The Bertz CT molecular complexity index is 526. The van der Waals surface area contributed by atoms with Crippen LogP contribution in [-0.2, 0) is 12.5 Å². The third-order valence-electron chi connectivity index (χ3n) is 2.50. The van der Waals surface area contributed by atoms with E-state index in [1.807, 2.05) is 24.3 Å². The van der Waals surface area contributed by atoms with E-state index in [0.29, 0.717) is 17.2 Å². The number of hydrogen-bond donors (Lipinski definition) is 0. The first-order valence-electron chi connectivity index (χ1n) is 5.41. The molecule has 1 nitrogen and oxygen atoms in total. The van der Waals surface area contributed by atoms with Gasteiger partial charge in [0.25, 0.3) is 0 Å². The lowest BCUT2D eigenvalue weighted by atomic mass is 10.2. The molecule has 0 radical (unpaired) electrons. The van der Waals surface area contributed by atoms with E-state index in [1.165, 1.54) is 6.07 Å². The van der Waals surface area contributed by atoms with Crippen LogP contribution in [0.3, 0.4) is 0 Å². The van der Waals surface area contributed by atoms with E-state index in [0.717, 1.165) is 5.56 Å². The van der Waals surface area contributed by atoms with Crippen LogP contribution in [0.15, 0.2) is 42.5 Å². The summed E-state index contributed by atoms with van der Waals surface area (Å²) in [4.78, 5) is 0. The smallest absolute Gasteiger partial charge is 0.142 e. The van der Waals surface area contributed by atoms with Crippen LogP contribution in [0, 0.1) is 5.82 Å². The zero-order valence-electron chi connectivity index (χ0n) is 9.50. The molecule has 0 amide bonds. The quantitative estimate of drug-likeness (QED) is 0.733. The van der Waals surface area contributed by atoms with Crippen LogP contribution < -0.4 is 4.74 Å². The fourth-order valence-electron chi connectivity index (χ4n) is 1.50. The van der Waals surface area contributed by atoms with Crippen molar-refractivity contribution < 1.29 is 9.13 Å². The molecule has 0 aliphatic rings. The van der Waals surface area contributed by atoms with Gasteiger partial charge in [-0.1, -0.05) is 35.9 Å². The lowest BCUT2D eigenvalue weighted by Crippen LogP contribution is -1.97. The second kappa shape index (κ2) is 6.07. The van der Waals surface area contributed by atoms with E-state index in [1.54, 1.807) is 12.1 Å². The van der Waals surface area contributed by atoms with Crippen LogP contribution in [0.2, 0.25) is 5.02 Å². The monoisotopic (exact) mass is 284 g/mol. The summed E-state index contributed by atoms with van der Waals surface area (Å²) in [5, 5.41) is 0.106. The number of rotatable bonds is 4. The SMILES string of the molecule is Fc1cccc(COc2ccc(CCl)cc2)c1Cl. The minimum atomic E-state index is -0.435. The van der Waals surface area contributed by atoms with Crippen molar-refractivity contribution in [3.8, 4) is 5.75 Å². The molecule has 0 saturated heterocycles. The molecule has 0 fully saturated rings. The molecule has 94 valence electrons. The summed E-state index contributed by atoms with van der Waals surface area (Å²) in [7, 11) is 0. The zero-order valence-corrected chi connectivity index (χ0v) is 11.0. The first-order valence-corrected chi connectivity index (χ1v) is 6.32. The van der Waals surface area contributed by atoms with Gasteiger partial charge in [-0.15, -0.1) is 11.6 Å². The highest BCUT2D eigenvalue weighted by atomic mass is 35.5. The molecule has 0 saturated carbocycles. The van der Waals surface area contributed by atoms with Gasteiger partial charge in [0.1, 0.15) is 18.2 Å². The molecule has 18 heavy (non-hydrogen) atoms. The van der Waals surface area contributed by atoms with Crippen LogP contribution in [0.5, 0.6) is 5.75 Å². The van der Waals surface area contributed by atoms with Gasteiger partial charge >= 0.3 is 0 Å². The van der Waals surface area contributed by atoms with E-state index in [9.17, 15) is 4.39 Å². The highest BCUT2D eigenvalue weighted by molar-refractivity contribution is 6.31. The summed E-state index contributed by atoms with van der Waals surface area (Å²) in [6.45, 7) is 0.233. The van der Waals surface area contributed by atoms with Crippen molar-refractivity contribution in [2.75, 3.05) is 0 Å². The van der Waals surface area contributed by atoms with Crippen LogP contribution >= 0.6 is 23.2 Å². The van der Waals surface area contributed by atoms with Crippen molar-refractivity contribution >= 4 is 23.2 Å². The fourth-order valence-corrected chi connectivity index (χ4v) is 1.85. The van der Waals surface area contributed by atoms with Crippen molar-refractivity contribution in [1.82, 2.24) is 0 Å². The normalized spacial score (nSPS) is 10.4. The van der Waals surface area contributed by atoms with Gasteiger partial charge in [-0.3, -0.25) is 0 Å². The van der Waals surface area contributed by atoms with E-state index >= 15 is 0 Å². The Balaban J connectivity index is 2.04. The summed E-state index contributed by atoms with van der Waals surface area (Å²) in [5.41, 5.74) is 1.64. The average molecular weight is 285 g/mol. The molecule has 0 atom stereocenters. The van der Waals surface area contributed by atoms with Crippen LogP contribution in [0.1, 0.15) is 11.1 Å². The van der Waals surface area contributed by atoms with Crippen LogP contribution in [-0.4, -0.2) is 0 Å². The molecule has 0 spiro atoms. The molecular formula is C14H11Cl2FO. The van der Waals surface area contributed by atoms with Crippen molar-refractivity contribution in [3.63, 3.8) is 0 Å². The fraction of sp³-hybridized carbons (Fsp3) is 0.143. The van der Waals surface area contributed by atoms with Crippen molar-refractivity contribution in [1.29, 1.82) is 0 Å². The Morgan fingerprint density at radius 2 is 1.78 bits per heavy atom. The van der Waals surface area contributed by atoms with Gasteiger partial charge in [0.05, 0.1) is 5.02 Å². The molecule has 0 heterocycles. The summed E-state index contributed by atoms with van der Waals surface area (Å²) < 4.78 is 18.7. The van der Waals surface area contributed by atoms with E-state index in [4.69, 9.17) is 27.9 Å². The summed E-state index contributed by atoms with van der Waals surface area (Å²) in [6, 6.07) is 12.1. The minimum Gasteiger partial charge on any atom is -0.489 e. The van der Waals surface area contributed by atoms with Gasteiger partial charge in [-0.2, -0.15) is 0 Å². The van der Waals surface area contributed by atoms with Gasteiger partial charge in [0, 0.05) is 11.4 Å². The molecular weight excluding hydrogens is 274 g/mol. The minimum absolute atomic E-state index is 0.106. The maximum absolute atomic E-state index is 13.2. The summed E-state index contributed by atoms with van der Waals surface area (Å²) >= 11 is 11.5. The van der Waals surface area contributed by atoms with Gasteiger partial charge in [-0.25, -0.2) is 4.39 Å². The second-order valence-corrected chi connectivity index (χ2v) is 4.42. The zero-order chi connectivity index (χ0) is 13.0. The molecule has 2 aromatic rings. The lowest BCUT2D eigenvalue weighted by molar-refractivity contribution is 0.305. The first kappa shape index (κ1) is 13.2. The molecule has 4 heteroatoms. The van der Waals surface area contributed by atoms with Crippen LogP contribution in [0.4, 0.5) is 4.39 Å². The lowest BCUT2D eigenvalue weighted by Gasteiger charge is -2.08. The summed E-state index contributed by atoms with van der Waals surface area (Å²) in [6.07, 6.45) is 0. The maximum atomic E-state index is 13.2. The maximum Gasteiger partial charge on any atom is 0.142 e. The van der Waals surface area contributed by atoms with E-state index in [2.05, 4.69) is 0 Å². The number of hydrogen-bond acceptors (Lipinski definition) is 1. The Kier molecular flexibility index (Phi) is 4.45. The molecule has 2 rings (SSSR count). The number of ether oxygens (including phenoxy) is 1. The van der Waals surface area contributed by atoms with Gasteiger partial charge in [-0.05, 0) is 23.8 Å². The van der Waals surface area contributed by atoms with E-state index in [-0.39, 0.29) is 11.6 Å². The molecule has 0 aliphatic heterocycles. The van der Waals surface area contributed by atoms with Crippen molar-refractivity contribution in [2.24, 2.45) is 0 Å². The molecule has 0 aromatic heterocycles. The molecule has 0 bridgehead atoms. The Morgan fingerprint density at radius 1 is 1.06 bits per heavy atom. The highest BCUT2D eigenvalue weighted by Gasteiger charge is 2.06. The van der Waals surface area contributed by atoms with Gasteiger partial charge in [0.2, 0.25) is 0 Å². The number of halogens is 3. The van der Waals surface area contributed by atoms with E-state index < -0.39 is 5.82 Å². The third kappa shape index (κ3) is 3.15. The number of alkyl halides is 1. The van der Waals surface area contributed by atoms with Gasteiger partial charge < -0.3 is 4.74 Å².